The molecule has 0 spiro atoms. The second-order valence-electron chi connectivity index (χ2n) is 7.87. The molecular formula is C26H27Cl3N2O3. The van der Waals surface area contributed by atoms with Crippen molar-refractivity contribution < 1.29 is 14.2 Å². The number of nitrogens with zero attached hydrogens (tertiary/aromatic N) is 1. The van der Waals surface area contributed by atoms with Gasteiger partial charge in [0, 0.05) is 30.3 Å². The lowest BCUT2D eigenvalue weighted by atomic mass is 10.1. The van der Waals surface area contributed by atoms with Gasteiger partial charge in [0.2, 0.25) is 0 Å². The summed E-state index contributed by atoms with van der Waals surface area (Å²) in [5.74, 6) is 1.14. The Morgan fingerprint density at radius 3 is 2.35 bits per heavy atom. The van der Waals surface area contributed by atoms with Gasteiger partial charge in [-0.2, -0.15) is 0 Å². The van der Waals surface area contributed by atoms with Gasteiger partial charge in [0.25, 0.3) is 0 Å². The Balaban J connectivity index is 1.43. The molecule has 1 heterocycles. The molecule has 180 valence electrons. The minimum Gasteiger partial charge on any atom is -0.490 e. The molecule has 0 aliphatic carbocycles. The van der Waals surface area contributed by atoms with E-state index < -0.39 is 0 Å². The Morgan fingerprint density at radius 2 is 1.65 bits per heavy atom. The van der Waals surface area contributed by atoms with E-state index in [9.17, 15) is 0 Å². The van der Waals surface area contributed by atoms with E-state index >= 15 is 0 Å². The van der Waals surface area contributed by atoms with Crippen molar-refractivity contribution in [2.24, 2.45) is 0 Å². The van der Waals surface area contributed by atoms with Crippen LogP contribution in [0.5, 0.6) is 11.5 Å². The maximum Gasteiger partial charge on any atom is 0.180 e. The van der Waals surface area contributed by atoms with E-state index in [1.54, 1.807) is 0 Å². The molecule has 0 amide bonds. The lowest BCUT2D eigenvalue weighted by Gasteiger charge is -2.29. The van der Waals surface area contributed by atoms with Gasteiger partial charge < -0.3 is 24.4 Å². The first-order chi connectivity index (χ1) is 16.5. The van der Waals surface area contributed by atoms with E-state index in [-0.39, 0.29) is 0 Å². The molecule has 0 bridgehead atoms. The van der Waals surface area contributed by atoms with Crippen LogP contribution in [0.15, 0.2) is 54.6 Å². The van der Waals surface area contributed by atoms with Crippen LogP contribution in [0.25, 0.3) is 0 Å². The van der Waals surface area contributed by atoms with Crippen LogP contribution >= 0.6 is 34.8 Å². The first-order valence-electron chi connectivity index (χ1n) is 11.2. The first-order valence-corrected chi connectivity index (χ1v) is 12.4. The summed E-state index contributed by atoms with van der Waals surface area (Å²) in [6.07, 6.45) is 0. The van der Waals surface area contributed by atoms with Gasteiger partial charge in [-0.3, -0.25) is 0 Å². The van der Waals surface area contributed by atoms with Gasteiger partial charge in [-0.05, 0) is 60.5 Å². The standard InChI is InChI=1S/C26H27Cl3N2O3/c1-2-33-25-14-19(13-23(29)26(25)34-17-18-3-5-20(27)6-4-18)16-30-21-7-8-24(22(28)15-21)31-9-11-32-12-10-31/h3-8,13-15,30H,2,9-12,16-17H2,1H3. The van der Waals surface area contributed by atoms with E-state index in [0.29, 0.717) is 46.3 Å². The Morgan fingerprint density at radius 1 is 0.882 bits per heavy atom. The molecular weight excluding hydrogens is 495 g/mol. The average Bonchev–Trinajstić information content (AvgIpc) is 2.84. The largest absolute Gasteiger partial charge is 0.490 e. The lowest BCUT2D eigenvalue weighted by Crippen LogP contribution is -2.36. The fourth-order valence-electron chi connectivity index (χ4n) is 3.74. The molecule has 8 heteroatoms. The van der Waals surface area contributed by atoms with Crippen molar-refractivity contribution in [3.8, 4) is 11.5 Å². The predicted molar refractivity (Wildman–Crippen MR) is 140 cm³/mol. The zero-order valence-corrected chi connectivity index (χ0v) is 21.2. The summed E-state index contributed by atoms with van der Waals surface area (Å²) in [5, 5.41) is 5.31. The number of nitrogens with one attached hydrogen (secondary N) is 1. The summed E-state index contributed by atoms with van der Waals surface area (Å²) in [5.41, 5.74) is 3.92. The van der Waals surface area contributed by atoms with Crippen LogP contribution in [0.1, 0.15) is 18.1 Å². The minimum absolute atomic E-state index is 0.364. The van der Waals surface area contributed by atoms with Gasteiger partial charge in [0.1, 0.15) is 6.61 Å². The Bertz CT molecular complexity index is 1100. The number of benzene rings is 3. The van der Waals surface area contributed by atoms with E-state index in [0.717, 1.165) is 48.8 Å². The van der Waals surface area contributed by atoms with Gasteiger partial charge in [-0.1, -0.05) is 46.9 Å². The van der Waals surface area contributed by atoms with Crippen molar-refractivity contribution in [2.75, 3.05) is 43.1 Å². The van der Waals surface area contributed by atoms with Crippen molar-refractivity contribution in [2.45, 2.75) is 20.1 Å². The molecule has 0 unspecified atom stereocenters. The molecule has 1 fully saturated rings. The molecule has 3 aromatic rings. The normalized spacial score (nSPS) is 13.6. The van der Waals surface area contributed by atoms with Crippen molar-refractivity contribution >= 4 is 46.2 Å². The third-order valence-corrected chi connectivity index (χ3v) is 6.30. The highest BCUT2D eigenvalue weighted by Crippen LogP contribution is 2.38. The van der Waals surface area contributed by atoms with Crippen LogP contribution in [-0.4, -0.2) is 32.9 Å². The van der Waals surface area contributed by atoms with Gasteiger partial charge in [-0.25, -0.2) is 0 Å². The predicted octanol–water partition coefficient (Wildman–Crippen LogP) is 7.07. The minimum atomic E-state index is 0.364. The number of anilines is 2. The Hall–Kier alpha value is -2.31. The maximum atomic E-state index is 6.58. The quantitative estimate of drug-likeness (QED) is 0.326. The summed E-state index contributed by atoms with van der Waals surface area (Å²) in [6, 6.07) is 17.4. The fraction of sp³-hybridized carbons (Fsp3) is 0.308. The summed E-state index contributed by atoms with van der Waals surface area (Å²) in [4.78, 5) is 2.24. The molecule has 0 radical (unpaired) electrons. The molecule has 1 aliphatic heterocycles. The zero-order valence-electron chi connectivity index (χ0n) is 19.0. The second-order valence-corrected chi connectivity index (χ2v) is 9.12. The van der Waals surface area contributed by atoms with Gasteiger partial charge in [0.15, 0.2) is 11.5 Å². The van der Waals surface area contributed by atoms with Crippen LogP contribution in [0.4, 0.5) is 11.4 Å². The Labute approximate surface area is 215 Å². The maximum absolute atomic E-state index is 6.58. The van der Waals surface area contributed by atoms with Gasteiger partial charge in [-0.15, -0.1) is 0 Å². The number of ether oxygens (including phenoxy) is 3. The number of hydrogen-bond donors (Lipinski definition) is 1. The highest BCUT2D eigenvalue weighted by Gasteiger charge is 2.15. The van der Waals surface area contributed by atoms with Crippen molar-refractivity contribution in [1.29, 1.82) is 0 Å². The van der Waals surface area contributed by atoms with Crippen LogP contribution < -0.4 is 19.7 Å². The Kier molecular flexibility index (Phi) is 8.68. The van der Waals surface area contributed by atoms with Crippen molar-refractivity contribution in [1.82, 2.24) is 0 Å². The third kappa shape index (κ3) is 6.42. The number of rotatable bonds is 9. The van der Waals surface area contributed by atoms with E-state index in [2.05, 4.69) is 10.2 Å². The molecule has 3 aromatic carbocycles. The molecule has 1 aliphatic rings. The van der Waals surface area contributed by atoms with Crippen LogP contribution in [0.2, 0.25) is 15.1 Å². The molecule has 0 saturated carbocycles. The van der Waals surface area contributed by atoms with E-state index in [1.165, 1.54) is 0 Å². The van der Waals surface area contributed by atoms with Crippen LogP contribution in [0, 0.1) is 0 Å². The zero-order chi connectivity index (χ0) is 23.9. The first kappa shape index (κ1) is 24.8. The number of morpholine rings is 1. The summed E-state index contributed by atoms with van der Waals surface area (Å²) in [6.45, 7) is 6.49. The highest BCUT2D eigenvalue weighted by atomic mass is 35.5. The molecule has 5 nitrogen and oxygen atoms in total. The third-order valence-electron chi connectivity index (χ3n) is 5.46. The molecule has 0 aromatic heterocycles. The fourth-order valence-corrected chi connectivity index (χ4v) is 4.46. The summed E-state index contributed by atoms with van der Waals surface area (Å²) >= 11 is 19.1. The lowest BCUT2D eigenvalue weighted by molar-refractivity contribution is 0.122. The molecule has 34 heavy (non-hydrogen) atoms. The SMILES string of the molecule is CCOc1cc(CNc2ccc(N3CCOCC3)c(Cl)c2)cc(Cl)c1OCc1ccc(Cl)cc1. The smallest absolute Gasteiger partial charge is 0.180 e. The van der Waals surface area contributed by atoms with Crippen molar-refractivity contribution in [3.05, 3.63) is 80.8 Å². The summed E-state index contributed by atoms with van der Waals surface area (Å²) < 4.78 is 17.3. The summed E-state index contributed by atoms with van der Waals surface area (Å²) in [7, 11) is 0. The van der Waals surface area contributed by atoms with Gasteiger partial charge in [0.05, 0.1) is 35.6 Å². The van der Waals surface area contributed by atoms with E-state index in [1.807, 2.05) is 61.5 Å². The monoisotopic (exact) mass is 520 g/mol. The van der Waals surface area contributed by atoms with Crippen LogP contribution in [0.3, 0.4) is 0 Å². The molecule has 1 saturated heterocycles. The second kappa shape index (κ2) is 11.9. The molecule has 1 N–H and O–H groups in total. The highest BCUT2D eigenvalue weighted by molar-refractivity contribution is 6.33. The average molecular weight is 522 g/mol. The number of hydrogen-bond acceptors (Lipinski definition) is 5. The van der Waals surface area contributed by atoms with E-state index in [4.69, 9.17) is 49.0 Å². The molecule has 4 rings (SSSR count). The van der Waals surface area contributed by atoms with Crippen LogP contribution in [-0.2, 0) is 17.9 Å². The molecule has 0 atom stereocenters. The van der Waals surface area contributed by atoms with Crippen molar-refractivity contribution in [3.63, 3.8) is 0 Å². The van der Waals surface area contributed by atoms with Gasteiger partial charge >= 0.3 is 0 Å². The number of halogens is 3. The topological polar surface area (TPSA) is 43.0 Å².